The maximum Gasteiger partial charge on any atom is 0.253 e. The second-order valence-electron chi connectivity index (χ2n) is 4.90. The van der Waals surface area contributed by atoms with Crippen LogP contribution in [-0.2, 0) is 13.2 Å². The number of nitrogens with zero attached hydrogens (tertiary/aromatic N) is 1. The molecule has 0 bridgehead atoms. The molecule has 8 heteroatoms. The lowest BCUT2D eigenvalue weighted by molar-refractivity contribution is 0.0891. The van der Waals surface area contributed by atoms with E-state index in [9.17, 15) is 24.2 Å². The van der Waals surface area contributed by atoms with Crippen LogP contribution in [0, 0.1) is 5.82 Å². The van der Waals surface area contributed by atoms with E-state index in [-0.39, 0.29) is 17.7 Å². The van der Waals surface area contributed by atoms with E-state index in [2.05, 4.69) is 10.3 Å². The van der Waals surface area contributed by atoms with Crippen molar-refractivity contribution in [2.75, 3.05) is 6.61 Å². The van der Waals surface area contributed by atoms with Crippen LogP contribution < -0.4 is 5.32 Å². The average molecular weight is 334 g/mol. The largest absolute Gasteiger partial charge is 0.505 e. The molecule has 2 rings (SSSR count). The van der Waals surface area contributed by atoms with Crippen molar-refractivity contribution in [3.63, 3.8) is 0 Å². The highest BCUT2D eigenvalue weighted by Gasteiger charge is 2.21. The maximum atomic E-state index is 12.8. The van der Waals surface area contributed by atoms with E-state index in [1.807, 2.05) is 0 Å². The highest BCUT2D eigenvalue weighted by atomic mass is 19.1. The molecule has 2 aromatic rings. The zero-order valence-electron chi connectivity index (χ0n) is 12.5. The number of benzene rings is 1. The number of ketones is 1. The van der Waals surface area contributed by atoms with Gasteiger partial charge in [-0.15, -0.1) is 0 Å². The number of aromatic hydroxyl groups is 1. The molecule has 1 aromatic heterocycles. The van der Waals surface area contributed by atoms with Gasteiger partial charge in [-0.25, -0.2) is 9.37 Å². The summed E-state index contributed by atoms with van der Waals surface area (Å²) >= 11 is 0. The molecule has 0 atom stereocenters. The SMILES string of the molecule is O=C(NCc1ccc(F)cc1)c1cnc(C(=O)CO)c(O)c1CO. The van der Waals surface area contributed by atoms with E-state index >= 15 is 0 Å². The monoisotopic (exact) mass is 334 g/mol. The predicted octanol–water partition coefficient (Wildman–Crippen LogP) is 0.524. The van der Waals surface area contributed by atoms with Gasteiger partial charge in [-0.1, -0.05) is 12.1 Å². The van der Waals surface area contributed by atoms with Crippen LogP contribution >= 0.6 is 0 Å². The van der Waals surface area contributed by atoms with Crippen LogP contribution in [-0.4, -0.2) is 38.6 Å². The molecule has 1 heterocycles. The Morgan fingerprint density at radius 1 is 1.17 bits per heavy atom. The highest BCUT2D eigenvalue weighted by molar-refractivity contribution is 6.01. The first-order valence-corrected chi connectivity index (χ1v) is 6.96. The first-order chi connectivity index (χ1) is 11.5. The number of amides is 1. The molecule has 0 spiro atoms. The number of carbonyl (C=O) groups is 2. The Bertz CT molecular complexity index is 762. The third-order valence-electron chi connectivity index (χ3n) is 3.33. The summed E-state index contributed by atoms with van der Waals surface area (Å²) in [5, 5.41) is 30.7. The summed E-state index contributed by atoms with van der Waals surface area (Å²) in [6.45, 7) is -1.46. The van der Waals surface area contributed by atoms with Gasteiger partial charge in [0.15, 0.2) is 11.4 Å². The van der Waals surface area contributed by atoms with Crippen molar-refractivity contribution in [1.29, 1.82) is 0 Å². The summed E-state index contributed by atoms with van der Waals surface area (Å²) in [6, 6.07) is 5.51. The lowest BCUT2D eigenvalue weighted by atomic mass is 10.1. The molecular formula is C16H15FN2O5. The minimum atomic E-state index is -0.860. The molecule has 7 nitrogen and oxygen atoms in total. The number of nitrogens with one attached hydrogen (secondary N) is 1. The van der Waals surface area contributed by atoms with Gasteiger partial charge in [0.2, 0.25) is 5.78 Å². The fourth-order valence-corrected chi connectivity index (χ4v) is 2.05. The Morgan fingerprint density at radius 2 is 1.83 bits per heavy atom. The lowest BCUT2D eigenvalue weighted by Crippen LogP contribution is -2.25. The maximum absolute atomic E-state index is 12.8. The number of hydrogen-bond acceptors (Lipinski definition) is 6. The van der Waals surface area contributed by atoms with Crippen molar-refractivity contribution in [3.8, 4) is 5.75 Å². The number of aliphatic hydroxyl groups is 2. The van der Waals surface area contributed by atoms with E-state index in [4.69, 9.17) is 5.11 Å². The van der Waals surface area contributed by atoms with E-state index in [0.29, 0.717) is 5.56 Å². The van der Waals surface area contributed by atoms with Crippen molar-refractivity contribution < 1.29 is 29.3 Å². The van der Waals surface area contributed by atoms with Crippen LogP contribution in [0.1, 0.15) is 32.0 Å². The molecule has 0 fully saturated rings. The third kappa shape index (κ3) is 3.73. The van der Waals surface area contributed by atoms with Crippen LogP contribution in [0.5, 0.6) is 5.75 Å². The van der Waals surface area contributed by atoms with Gasteiger partial charge in [0.05, 0.1) is 12.2 Å². The van der Waals surface area contributed by atoms with Gasteiger partial charge in [-0.05, 0) is 17.7 Å². The number of halogens is 1. The van der Waals surface area contributed by atoms with E-state index < -0.39 is 42.2 Å². The fourth-order valence-electron chi connectivity index (χ4n) is 2.05. The standard InChI is InChI=1S/C16H15FN2O5/c17-10-3-1-9(2-4-10)5-19-16(24)11-6-18-14(13(22)8-21)15(23)12(11)7-20/h1-4,6,20-21,23H,5,7-8H2,(H,19,24). The molecule has 1 amide bonds. The molecule has 126 valence electrons. The normalized spacial score (nSPS) is 10.5. The Kier molecular flexibility index (Phi) is 5.56. The second-order valence-corrected chi connectivity index (χ2v) is 4.90. The first-order valence-electron chi connectivity index (χ1n) is 6.96. The van der Waals surface area contributed by atoms with Gasteiger partial charge in [0, 0.05) is 18.3 Å². The van der Waals surface area contributed by atoms with Crippen molar-refractivity contribution >= 4 is 11.7 Å². The Hall–Kier alpha value is -2.84. The Labute approximate surface area is 136 Å². The number of aromatic nitrogens is 1. The molecule has 0 saturated heterocycles. The van der Waals surface area contributed by atoms with Crippen LogP contribution in [0.3, 0.4) is 0 Å². The Morgan fingerprint density at radius 3 is 2.42 bits per heavy atom. The number of rotatable bonds is 6. The average Bonchev–Trinajstić information content (AvgIpc) is 2.60. The molecule has 4 N–H and O–H groups in total. The van der Waals surface area contributed by atoms with Gasteiger partial charge < -0.3 is 20.6 Å². The second kappa shape index (κ2) is 7.62. The summed E-state index contributed by atoms with van der Waals surface area (Å²) in [5.41, 5.74) is -0.0406. The lowest BCUT2D eigenvalue weighted by Gasteiger charge is -2.12. The summed E-state index contributed by atoms with van der Waals surface area (Å²) < 4.78 is 12.8. The quantitative estimate of drug-likeness (QED) is 0.572. The zero-order valence-corrected chi connectivity index (χ0v) is 12.5. The van der Waals surface area contributed by atoms with Crippen molar-refractivity contribution in [2.45, 2.75) is 13.2 Å². The molecule has 0 aliphatic heterocycles. The van der Waals surface area contributed by atoms with E-state index in [1.54, 1.807) is 0 Å². The number of carbonyl (C=O) groups excluding carboxylic acids is 2. The summed E-state index contributed by atoms with van der Waals surface area (Å²) in [6.07, 6.45) is 1.04. The molecular weight excluding hydrogens is 319 g/mol. The molecule has 24 heavy (non-hydrogen) atoms. The minimum absolute atomic E-state index is 0.0993. The first kappa shape index (κ1) is 17.5. The minimum Gasteiger partial charge on any atom is -0.505 e. The predicted molar refractivity (Wildman–Crippen MR) is 80.8 cm³/mol. The fraction of sp³-hybridized carbons (Fsp3) is 0.188. The van der Waals surface area contributed by atoms with E-state index in [1.165, 1.54) is 24.3 Å². The van der Waals surface area contributed by atoms with Crippen molar-refractivity contribution in [3.05, 3.63) is 58.7 Å². The smallest absolute Gasteiger partial charge is 0.253 e. The van der Waals surface area contributed by atoms with Gasteiger partial charge in [-0.2, -0.15) is 0 Å². The number of hydrogen-bond donors (Lipinski definition) is 4. The third-order valence-corrected chi connectivity index (χ3v) is 3.33. The van der Waals surface area contributed by atoms with Crippen molar-refractivity contribution in [1.82, 2.24) is 10.3 Å². The molecule has 1 aromatic carbocycles. The number of Topliss-reactive ketones (excluding diaryl/α,β-unsaturated/α-hetero) is 1. The van der Waals surface area contributed by atoms with Crippen LogP contribution in [0.2, 0.25) is 0 Å². The topological polar surface area (TPSA) is 120 Å². The van der Waals surface area contributed by atoms with Gasteiger partial charge in [0.1, 0.15) is 12.4 Å². The van der Waals surface area contributed by atoms with E-state index in [0.717, 1.165) is 6.20 Å². The molecule has 0 aliphatic rings. The molecule has 0 unspecified atom stereocenters. The van der Waals surface area contributed by atoms with Crippen LogP contribution in [0.4, 0.5) is 4.39 Å². The number of aliphatic hydroxyl groups excluding tert-OH is 2. The van der Waals surface area contributed by atoms with Crippen molar-refractivity contribution in [2.24, 2.45) is 0 Å². The summed E-state index contributed by atoms with van der Waals surface area (Å²) in [7, 11) is 0. The molecule has 0 aliphatic carbocycles. The van der Waals surface area contributed by atoms with Gasteiger partial charge in [-0.3, -0.25) is 9.59 Å². The highest BCUT2D eigenvalue weighted by Crippen LogP contribution is 2.24. The summed E-state index contributed by atoms with van der Waals surface area (Å²) in [5.74, 6) is -2.51. The van der Waals surface area contributed by atoms with Crippen LogP contribution in [0.15, 0.2) is 30.5 Å². The van der Waals surface area contributed by atoms with Gasteiger partial charge in [0.25, 0.3) is 5.91 Å². The van der Waals surface area contributed by atoms with Crippen LogP contribution in [0.25, 0.3) is 0 Å². The molecule has 0 radical (unpaired) electrons. The summed E-state index contributed by atoms with van der Waals surface area (Å²) in [4.78, 5) is 27.3. The molecule has 0 saturated carbocycles. The zero-order chi connectivity index (χ0) is 17.7. The Balaban J connectivity index is 2.21. The van der Waals surface area contributed by atoms with Gasteiger partial charge >= 0.3 is 0 Å². The number of pyridine rings is 1.